The van der Waals surface area contributed by atoms with E-state index in [9.17, 15) is 14.4 Å². The molecule has 1 aliphatic rings. The van der Waals surface area contributed by atoms with Crippen LogP contribution in [0.3, 0.4) is 0 Å². The summed E-state index contributed by atoms with van der Waals surface area (Å²) >= 11 is 1.37. The maximum absolute atomic E-state index is 12.4. The predicted octanol–water partition coefficient (Wildman–Crippen LogP) is 3.89. The molecule has 0 saturated heterocycles. The van der Waals surface area contributed by atoms with E-state index in [1.54, 1.807) is 18.2 Å². The SMILES string of the molecule is O=C(CCCc1nc2ccccc2c(=O)[nH]1)Nc1nc(-c2ccc3c(c2)CCC(=O)N3)cs1. The van der Waals surface area contributed by atoms with Crippen molar-refractivity contribution in [3.05, 3.63) is 69.6 Å². The van der Waals surface area contributed by atoms with Crippen molar-refractivity contribution in [1.82, 2.24) is 15.0 Å². The van der Waals surface area contributed by atoms with E-state index in [0.29, 0.717) is 54.0 Å². The summed E-state index contributed by atoms with van der Waals surface area (Å²) in [5, 5.41) is 8.72. The molecule has 0 unspecified atom stereocenters. The standard InChI is InChI=1S/C24H21N5O3S/c30-21(7-3-6-20-25-18-5-2-1-4-16(18)23(32)28-20)29-24-27-19(13-33-24)15-8-10-17-14(12-15)9-11-22(31)26-17/h1-2,4-5,8,10,12-13H,3,6-7,9,11H2,(H,26,31)(H,25,28,32)(H,27,29,30). The summed E-state index contributed by atoms with van der Waals surface area (Å²) in [6, 6.07) is 13.0. The van der Waals surface area contributed by atoms with Crippen LogP contribution in [0.15, 0.2) is 52.6 Å². The van der Waals surface area contributed by atoms with E-state index in [-0.39, 0.29) is 17.4 Å². The Labute approximate surface area is 193 Å². The number of nitrogens with zero attached hydrogens (tertiary/aromatic N) is 2. The molecular weight excluding hydrogens is 438 g/mol. The molecule has 3 N–H and O–H groups in total. The molecule has 8 nitrogen and oxygen atoms in total. The summed E-state index contributed by atoms with van der Waals surface area (Å²) in [6.45, 7) is 0. The summed E-state index contributed by atoms with van der Waals surface area (Å²) in [6.07, 6.45) is 2.55. The molecule has 0 saturated carbocycles. The third-order valence-electron chi connectivity index (χ3n) is 5.53. The fourth-order valence-electron chi connectivity index (χ4n) is 3.86. The first-order valence-corrected chi connectivity index (χ1v) is 11.6. The van der Waals surface area contributed by atoms with Crippen molar-refractivity contribution in [3.8, 4) is 11.3 Å². The molecular formula is C24H21N5O3S. The van der Waals surface area contributed by atoms with E-state index < -0.39 is 0 Å². The normalized spacial score (nSPS) is 12.9. The summed E-state index contributed by atoms with van der Waals surface area (Å²) in [5.41, 5.74) is 4.16. The molecule has 0 bridgehead atoms. The third kappa shape index (κ3) is 4.68. The molecule has 166 valence electrons. The number of aromatic amines is 1. The first kappa shape index (κ1) is 21.0. The zero-order chi connectivity index (χ0) is 22.8. The molecule has 0 radical (unpaired) electrons. The van der Waals surface area contributed by atoms with Gasteiger partial charge in [-0.2, -0.15) is 0 Å². The molecule has 0 spiro atoms. The van der Waals surface area contributed by atoms with Gasteiger partial charge in [0.25, 0.3) is 5.56 Å². The van der Waals surface area contributed by atoms with Gasteiger partial charge in [0.2, 0.25) is 11.8 Å². The Balaban J connectivity index is 1.18. The van der Waals surface area contributed by atoms with Gasteiger partial charge in [-0.25, -0.2) is 9.97 Å². The molecule has 5 rings (SSSR count). The van der Waals surface area contributed by atoms with E-state index >= 15 is 0 Å². The minimum absolute atomic E-state index is 0.0386. The van der Waals surface area contributed by atoms with Crippen LogP contribution < -0.4 is 16.2 Å². The number of carbonyl (C=O) groups excluding carboxylic acids is 2. The summed E-state index contributed by atoms with van der Waals surface area (Å²) in [7, 11) is 0. The van der Waals surface area contributed by atoms with E-state index in [4.69, 9.17) is 0 Å². The number of benzene rings is 2. The molecule has 1 aliphatic heterocycles. The van der Waals surface area contributed by atoms with Gasteiger partial charge in [-0.3, -0.25) is 14.4 Å². The molecule has 2 aromatic heterocycles. The Kier molecular flexibility index (Phi) is 5.70. The van der Waals surface area contributed by atoms with Crippen LogP contribution in [0.1, 0.15) is 30.7 Å². The molecule has 0 fully saturated rings. The van der Waals surface area contributed by atoms with Crippen molar-refractivity contribution < 1.29 is 9.59 Å². The quantitative estimate of drug-likeness (QED) is 0.404. The summed E-state index contributed by atoms with van der Waals surface area (Å²) < 4.78 is 0. The second-order valence-electron chi connectivity index (χ2n) is 7.89. The molecule has 2 aromatic carbocycles. The number of para-hydroxylation sites is 1. The van der Waals surface area contributed by atoms with Crippen molar-refractivity contribution in [1.29, 1.82) is 0 Å². The number of hydrogen-bond acceptors (Lipinski definition) is 6. The van der Waals surface area contributed by atoms with Crippen LogP contribution in [-0.2, 0) is 22.4 Å². The number of aryl methyl sites for hydroxylation is 2. The van der Waals surface area contributed by atoms with E-state index in [1.165, 1.54) is 11.3 Å². The lowest BCUT2D eigenvalue weighted by Gasteiger charge is -2.17. The molecule has 9 heteroatoms. The highest BCUT2D eigenvalue weighted by Gasteiger charge is 2.16. The number of aromatic nitrogens is 3. The van der Waals surface area contributed by atoms with Crippen LogP contribution >= 0.6 is 11.3 Å². The average Bonchev–Trinajstić information content (AvgIpc) is 3.27. The largest absolute Gasteiger partial charge is 0.326 e. The Morgan fingerprint density at radius 2 is 1.97 bits per heavy atom. The topological polar surface area (TPSA) is 117 Å². The van der Waals surface area contributed by atoms with Gasteiger partial charge in [0.15, 0.2) is 5.13 Å². The number of carbonyl (C=O) groups is 2. The lowest BCUT2D eigenvalue weighted by atomic mass is 9.99. The first-order chi connectivity index (χ1) is 16.0. The van der Waals surface area contributed by atoms with Crippen LogP contribution in [0.4, 0.5) is 10.8 Å². The fourth-order valence-corrected chi connectivity index (χ4v) is 4.59. The Bertz CT molecular complexity index is 1430. The number of H-pyrrole nitrogens is 1. The number of rotatable bonds is 6. The lowest BCUT2D eigenvalue weighted by Crippen LogP contribution is -2.18. The maximum Gasteiger partial charge on any atom is 0.258 e. The minimum Gasteiger partial charge on any atom is -0.326 e. The van der Waals surface area contributed by atoms with Gasteiger partial charge in [0.05, 0.1) is 16.6 Å². The van der Waals surface area contributed by atoms with Crippen LogP contribution in [0, 0.1) is 0 Å². The van der Waals surface area contributed by atoms with E-state index in [1.807, 2.05) is 29.6 Å². The van der Waals surface area contributed by atoms with Crippen LogP contribution in [-0.4, -0.2) is 26.8 Å². The van der Waals surface area contributed by atoms with Gasteiger partial charge in [0, 0.05) is 35.9 Å². The van der Waals surface area contributed by atoms with E-state index in [0.717, 1.165) is 22.5 Å². The third-order valence-corrected chi connectivity index (χ3v) is 6.28. The summed E-state index contributed by atoms with van der Waals surface area (Å²) in [4.78, 5) is 47.8. The number of fused-ring (bicyclic) bond motifs is 2. The maximum atomic E-state index is 12.4. The van der Waals surface area contributed by atoms with Crippen LogP contribution in [0.5, 0.6) is 0 Å². The number of thiazole rings is 1. The molecule has 2 amide bonds. The molecule has 0 aliphatic carbocycles. The zero-order valence-corrected chi connectivity index (χ0v) is 18.5. The molecule has 4 aromatic rings. The first-order valence-electron chi connectivity index (χ1n) is 10.7. The highest BCUT2D eigenvalue weighted by molar-refractivity contribution is 7.14. The molecule has 0 atom stereocenters. The average molecular weight is 460 g/mol. The Morgan fingerprint density at radius 1 is 1.09 bits per heavy atom. The van der Waals surface area contributed by atoms with Gasteiger partial charge in [-0.1, -0.05) is 18.2 Å². The summed E-state index contributed by atoms with van der Waals surface area (Å²) in [5.74, 6) is 0.482. The number of nitrogens with one attached hydrogen (secondary N) is 3. The number of hydrogen-bond donors (Lipinski definition) is 3. The minimum atomic E-state index is -0.167. The molecule has 3 heterocycles. The van der Waals surface area contributed by atoms with Crippen LogP contribution in [0.2, 0.25) is 0 Å². The van der Waals surface area contributed by atoms with Gasteiger partial charge in [0.1, 0.15) is 5.82 Å². The van der Waals surface area contributed by atoms with Gasteiger partial charge in [-0.15, -0.1) is 11.3 Å². The second-order valence-corrected chi connectivity index (χ2v) is 8.75. The zero-order valence-electron chi connectivity index (χ0n) is 17.7. The second kappa shape index (κ2) is 8.95. The Morgan fingerprint density at radius 3 is 2.88 bits per heavy atom. The lowest BCUT2D eigenvalue weighted by molar-refractivity contribution is -0.117. The smallest absolute Gasteiger partial charge is 0.258 e. The monoisotopic (exact) mass is 459 g/mol. The van der Waals surface area contributed by atoms with Crippen molar-refractivity contribution in [2.24, 2.45) is 0 Å². The van der Waals surface area contributed by atoms with Crippen molar-refractivity contribution in [3.63, 3.8) is 0 Å². The number of amides is 2. The Hall–Kier alpha value is -3.85. The number of anilines is 2. The van der Waals surface area contributed by atoms with Crippen molar-refractivity contribution >= 4 is 44.9 Å². The van der Waals surface area contributed by atoms with Crippen molar-refractivity contribution in [2.75, 3.05) is 10.6 Å². The highest BCUT2D eigenvalue weighted by atomic mass is 32.1. The van der Waals surface area contributed by atoms with Crippen LogP contribution in [0.25, 0.3) is 22.2 Å². The highest BCUT2D eigenvalue weighted by Crippen LogP contribution is 2.30. The fraction of sp³-hybridized carbons (Fsp3) is 0.208. The van der Waals surface area contributed by atoms with Gasteiger partial charge >= 0.3 is 0 Å². The predicted molar refractivity (Wildman–Crippen MR) is 128 cm³/mol. The van der Waals surface area contributed by atoms with Crippen molar-refractivity contribution in [2.45, 2.75) is 32.1 Å². The van der Waals surface area contributed by atoms with Gasteiger partial charge in [-0.05, 0) is 42.7 Å². The van der Waals surface area contributed by atoms with Gasteiger partial charge < -0.3 is 15.6 Å². The van der Waals surface area contributed by atoms with E-state index in [2.05, 4.69) is 25.6 Å². The molecule has 33 heavy (non-hydrogen) atoms.